The highest BCUT2D eigenvalue weighted by Crippen LogP contribution is 2.37. The summed E-state index contributed by atoms with van der Waals surface area (Å²) in [6.45, 7) is 4.76. The van der Waals surface area contributed by atoms with Gasteiger partial charge in [0.25, 0.3) is 0 Å². The molecule has 0 aliphatic rings. The van der Waals surface area contributed by atoms with Crippen molar-refractivity contribution >= 4 is 41.2 Å². The minimum atomic E-state index is 0.220. The highest BCUT2D eigenvalue weighted by Gasteiger charge is 2.20. The normalized spacial score (nSPS) is 11.6. The summed E-state index contributed by atoms with van der Waals surface area (Å²) in [6.07, 6.45) is 3.33. The van der Waals surface area contributed by atoms with Crippen molar-refractivity contribution in [2.24, 2.45) is 10.9 Å². The molecular weight excluding hydrogens is 401 g/mol. The van der Waals surface area contributed by atoms with Gasteiger partial charge in [0, 0.05) is 21.1 Å². The average molecular weight is 420 g/mol. The summed E-state index contributed by atoms with van der Waals surface area (Å²) in [5.41, 5.74) is 1.88. The van der Waals surface area contributed by atoms with E-state index in [1.807, 2.05) is 30.3 Å². The Morgan fingerprint density at radius 1 is 1.22 bits per heavy atom. The number of benzene rings is 1. The zero-order chi connectivity index (χ0) is 19.4. The predicted molar refractivity (Wildman–Crippen MR) is 112 cm³/mol. The molecule has 0 aliphatic carbocycles. The molecular formula is C19H19Cl2N5S. The Labute approximate surface area is 172 Å². The zero-order valence-electron chi connectivity index (χ0n) is 14.9. The Morgan fingerprint density at radius 3 is 2.56 bits per heavy atom. The minimum Gasteiger partial charge on any atom is -0.323 e. The van der Waals surface area contributed by atoms with E-state index in [-0.39, 0.29) is 5.92 Å². The van der Waals surface area contributed by atoms with Crippen LogP contribution in [0.3, 0.4) is 0 Å². The van der Waals surface area contributed by atoms with Crippen molar-refractivity contribution in [1.29, 1.82) is 0 Å². The van der Waals surface area contributed by atoms with Gasteiger partial charge < -0.3 is 10.4 Å². The second kappa shape index (κ2) is 8.78. The molecule has 0 fully saturated rings. The summed E-state index contributed by atoms with van der Waals surface area (Å²) in [5, 5.41) is 5.85. The van der Waals surface area contributed by atoms with Crippen LogP contribution < -0.4 is 5.84 Å². The molecule has 0 saturated heterocycles. The van der Waals surface area contributed by atoms with Crippen LogP contribution in [-0.4, -0.2) is 20.7 Å². The number of hydrazone groups is 1. The van der Waals surface area contributed by atoms with E-state index in [1.54, 1.807) is 30.2 Å². The zero-order valence-corrected chi connectivity index (χ0v) is 17.3. The van der Waals surface area contributed by atoms with Gasteiger partial charge in [-0.3, -0.25) is 4.98 Å². The van der Waals surface area contributed by atoms with E-state index in [2.05, 4.69) is 28.5 Å². The maximum absolute atomic E-state index is 6.18. The first-order chi connectivity index (χ1) is 13.0. The molecule has 2 heterocycles. The van der Waals surface area contributed by atoms with E-state index in [4.69, 9.17) is 34.0 Å². The van der Waals surface area contributed by atoms with Gasteiger partial charge in [0.1, 0.15) is 5.03 Å². The summed E-state index contributed by atoms with van der Waals surface area (Å²) in [4.78, 5) is 10.1. The largest absolute Gasteiger partial charge is 0.323 e. The molecule has 2 aromatic heterocycles. The highest BCUT2D eigenvalue weighted by molar-refractivity contribution is 7.99. The lowest BCUT2D eigenvalue weighted by Crippen LogP contribution is -2.08. The molecule has 3 rings (SSSR count). The third-order valence-corrected chi connectivity index (χ3v) is 5.34. The Bertz CT molecular complexity index is 934. The maximum atomic E-state index is 6.18. The number of nitrogens with two attached hydrogens (primary N) is 1. The Kier molecular flexibility index (Phi) is 6.42. The third-order valence-electron chi connectivity index (χ3n) is 3.81. The summed E-state index contributed by atoms with van der Waals surface area (Å²) in [7, 11) is 0. The Morgan fingerprint density at radius 2 is 1.96 bits per heavy atom. The molecule has 1 aromatic carbocycles. The molecule has 27 heavy (non-hydrogen) atoms. The SMILES string of the molecule is CC(C)c1nc(C=NN)n(Cc2ccccn2)c1Sc1cc(Cl)cc(Cl)c1. The van der Waals surface area contributed by atoms with Gasteiger partial charge in [0.05, 0.1) is 24.1 Å². The quantitative estimate of drug-likeness (QED) is 0.338. The van der Waals surface area contributed by atoms with Crippen molar-refractivity contribution in [3.63, 3.8) is 0 Å². The molecule has 0 spiro atoms. The molecule has 3 aromatic rings. The summed E-state index contributed by atoms with van der Waals surface area (Å²) in [5.74, 6) is 6.31. The third kappa shape index (κ3) is 4.83. The number of hydrogen-bond donors (Lipinski definition) is 1. The molecule has 0 radical (unpaired) electrons. The van der Waals surface area contributed by atoms with Crippen LogP contribution in [0.25, 0.3) is 0 Å². The van der Waals surface area contributed by atoms with Crippen molar-refractivity contribution in [3.8, 4) is 0 Å². The van der Waals surface area contributed by atoms with Gasteiger partial charge in [0.2, 0.25) is 0 Å². The molecule has 5 nitrogen and oxygen atoms in total. The predicted octanol–water partition coefficient (Wildman–Crippen LogP) is 5.20. The van der Waals surface area contributed by atoms with Crippen LogP contribution in [0.15, 0.2) is 57.6 Å². The Balaban J connectivity index is 2.10. The minimum absolute atomic E-state index is 0.220. The fourth-order valence-electron chi connectivity index (χ4n) is 2.63. The monoisotopic (exact) mass is 419 g/mol. The maximum Gasteiger partial charge on any atom is 0.154 e. The fourth-order valence-corrected chi connectivity index (χ4v) is 4.53. The van der Waals surface area contributed by atoms with Crippen molar-refractivity contribution in [2.75, 3.05) is 0 Å². The molecule has 0 saturated carbocycles. The lowest BCUT2D eigenvalue weighted by atomic mass is 10.1. The van der Waals surface area contributed by atoms with Gasteiger partial charge in [-0.2, -0.15) is 5.10 Å². The summed E-state index contributed by atoms with van der Waals surface area (Å²) < 4.78 is 2.06. The summed E-state index contributed by atoms with van der Waals surface area (Å²) in [6, 6.07) is 11.3. The summed E-state index contributed by atoms with van der Waals surface area (Å²) >= 11 is 13.9. The van der Waals surface area contributed by atoms with Crippen molar-refractivity contribution < 1.29 is 0 Å². The van der Waals surface area contributed by atoms with E-state index in [1.165, 1.54) is 0 Å². The molecule has 0 unspecified atom stereocenters. The van der Waals surface area contributed by atoms with Crippen LogP contribution in [0.5, 0.6) is 0 Å². The number of rotatable bonds is 6. The smallest absolute Gasteiger partial charge is 0.154 e. The molecule has 140 valence electrons. The van der Waals surface area contributed by atoms with Gasteiger partial charge >= 0.3 is 0 Å². The lowest BCUT2D eigenvalue weighted by molar-refractivity contribution is 0.691. The van der Waals surface area contributed by atoms with E-state index < -0.39 is 0 Å². The van der Waals surface area contributed by atoms with Crippen LogP contribution >= 0.6 is 35.0 Å². The van der Waals surface area contributed by atoms with Crippen LogP contribution in [0.2, 0.25) is 10.0 Å². The molecule has 0 amide bonds. The Hall–Kier alpha value is -2.02. The van der Waals surface area contributed by atoms with Gasteiger partial charge in [-0.1, -0.05) is 54.9 Å². The first kappa shape index (κ1) is 19.7. The van der Waals surface area contributed by atoms with E-state index >= 15 is 0 Å². The second-order valence-corrected chi connectivity index (χ2v) is 8.14. The molecule has 8 heteroatoms. The molecule has 0 atom stereocenters. The number of aromatic nitrogens is 3. The van der Waals surface area contributed by atoms with Crippen LogP contribution in [-0.2, 0) is 6.54 Å². The van der Waals surface area contributed by atoms with Crippen LogP contribution in [0.1, 0.15) is 37.0 Å². The first-order valence-electron chi connectivity index (χ1n) is 8.35. The van der Waals surface area contributed by atoms with Gasteiger partial charge in [0.15, 0.2) is 5.82 Å². The van der Waals surface area contributed by atoms with Crippen molar-refractivity contribution in [1.82, 2.24) is 14.5 Å². The van der Waals surface area contributed by atoms with Gasteiger partial charge in [-0.25, -0.2) is 4.98 Å². The van der Waals surface area contributed by atoms with E-state index in [0.717, 1.165) is 21.3 Å². The number of imidazole rings is 1. The van der Waals surface area contributed by atoms with Gasteiger partial charge in [-0.15, -0.1) is 0 Å². The number of halogens is 2. The number of pyridine rings is 1. The second-order valence-electron chi connectivity index (χ2n) is 6.21. The first-order valence-corrected chi connectivity index (χ1v) is 9.92. The molecule has 0 bridgehead atoms. The van der Waals surface area contributed by atoms with E-state index in [0.29, 0.717) is 22.4 Å². The van der Waals surface area contributed by atoms with Crippen molar-refractivity contribution in [3.05, 3.63) is 69.9 Å². The van der Waals surface area contributed by atoms with E-state index in [9.17, 15) is 0 Å². The van der Waals surface area contributed by atoms with Crippen LogP contribution in [0.4, 0.5) is 0 Å². The van der Waals surface area contributed by atoms with Crippen LogP contribution in [0, 0.1) is 0 Å². The number of nitrogens with zero attached hydrogens (tertiary/aromatic N) is 4. The van der Waals surface area contributed by atoms with Gasteiger partial charge in [-0.05, 0) is 36.2 Å². The molecule has 2 N–H and O–H groups in total. The van der Waals surface area contributed by atoms with Crippen molar-refractivity contribution in [2.45, 2.75) is 36.2 Å². The lowest BCUT2D eigenvalue weighted by Gasteiger charge is -2.12. The average Bonchev–Trinajstić information content (AvgIpc) is 2.93. The number of hydrogen-bond acceptors (Lipinski definition) is 5. The highest BCUT2D eigenvalue weighted by atomic mass is 35.5. The standard InChI is InChI=1S/C19H19Cl2N5S/c1-12(2)18-19(27-16-8-13(20)7-14(21)9-16)26(17(25-18)10-24-22)11-15-5-3-4-6-23-15/h3-10,12H,11,22H2,1-2H3. The fraction of sp³-hybridized carbons (Fsp3) is 0.211. The molecule has 0 aliphatic heterocycles. The topological polar surface area (TPSA) is 69.1 Å².